The summed E-state index contributed by atoms with van der Waals surface area (Å²) in [5, 5.41) is 14.8. The Bertz CT molecular complexity index is 964. The average Bonchev–Trinajstić information content (AvgIpc) is 2.78. The highest BCUT2D eigenvalue weighted by atomic mass is 16.3. The molecule has 29 heavy (non-hydrogen) atoms. The number of rotatable bonds is 6. The molecule has 0 aliphatic carbocycles. The number of hydrogen-bond acceptors (Lipinski definition) is 4. The number of nitrogens with zero attached hydrogens (tertiary/aromatic N) is 3. The molecule has 4 rings (SSSR count). The summed E-state index contributed by atoms with van der Waals surface area (Å²) in [7, 11) is 0. The van der Waals surface area contributed by atoms with E-state index in [0.29, 0.717) is 24.6 Å². The number of piperidine rings is 1. The molecule has 0 bridgehead atoms. The first kappa shape index (κ1) is 19.6. The highest BCUT2D eigenvalue weighted by Gasteiger charge is 2.22. The van der Waals surface area contributed by atoms with Gasteiger partial charge in [0.15, 0.2) is 0 Å². The summed E-state index contributed by atoms with van der Waals surface area (Å²) in [6.07, 6.45) is 3.27. The second kappa shape index (κ2) is 9.16. The van der Waals surface area contributed by atoms with Gasteiger partial charge < -0.3 is 10.0 Å². The third-order valence-corrected chi connectivity index (χ3v) is 5.75. The maximum Gasteiger partial charge on any atom is 0.274 e. The fourth-order valence-electron chi connectivity index (χ4n) is 4.04. The van der Waals surface area contributed by atoms with Crippen molar-refractivity contribution in [3.8, 4) is 11.1 Å². The molecule has 5 heteroatoms. The Balaban J connectivity index is 1.35. The van der Waals surface area contributed by atoms with E-state index in [1.807, 2.05) is 60.7 Å². The highest BCUT2D eigenvalue weighted by molar-refractivity contribution is 5.61. The Morgan fingerprint density at radius 2 is 1.62 bits per heavy atom. The number of likely N-dealkylation sites (tertiary alicyclic amines) is 1. The fraction of sp³-hybridized carbons (Fsp3) is 0.333. The van der Waals surface area contributed by atoms with Gasteiger partial charge in [-0.15, -0.1) is 0 Å². The first-order chi connectivity index (χ1) is 14.2. The number of aliphatic hydroxyl groups excluding tert-OH is 1. The average molecular weight is 389 g/mol. The van der Waals surface area contributed by atoms with Crippen LogP contribution in [-0.2, 0) is 6.54 Å². The molecule has 0 spiro atoms. The first-order valence-electron chi connectivity index (χ1n) is 10.3. The SMILES string of the molecule is O=c1c(-c2ccccc2)ccnn1CC1CCN(C[C@H](O)c2ccccc2)CC1. The minimum atomic E-state index is -0.459. The number of aliphatic hydroxyl groups is 1. The van der Waals surface area contributed by atoms with Crippen molar-refractivity contribution in [2.75, 3.05) is 19.6 Å². The lowest BCUT2D eigenvalue weighted by molar-refractivity contribution is 0.0857. The Hall–Kier alpha value is -2.76. The molecule has 150 valence electrons. The van der Waals surface area contributed by atoms with Gasteiger partial charge in [0.05, 0.1) is 11.7 Å². The molecule has 1 fully saturated rings. The summed E-state index contributed by atoms with van der Waals surface area (Å²) >= 11 is 0. The Morgan fingerprint density at radius 1 is 0.966 bits per heavy atom. The lowest BCUT2D eigenvalue weighted by Crippen LogP contribution is -2.39. The molecule has 1 aromatic heterocycles. The summed E-state index contributed by atoms with van der Waals surface area (Å²) in [6, 6.07) is 21.4. The first-order valence-corrected chi connectivity index (χ1v) is 10.3. The number of β-amino-alcohol motifs (C(OH)–C–C–N with tert-alkyl or cyclic N) is 1. The van der Waals surface area contributed by atoms with Crippen LogP contribution in [0.1, 0.15) is 24.5 Å². The van der Waals surface area contributed by atoms with Gasteiger partial charge in [-0.1, -0.05) is 60.7 Å². The molecule has 0 amide bonds. The normalized spacial score (nSPS) is 16.6. The Kier molecular flexibility index (Phi) is 6.17. The van der Waals surface area contributed by atoms with E-state index in [1.54, 1.807) is 16.9 Å². The van der Waals surface area contributed by atoms with Crippen molar-refractivity contribution in [3.05, 3.63) is 88.8 Å². The maximum atomic E-state index is 12.9. The molecule has 0 radical (unpaired) electrons. The van der Waals surface area contributed by atoms with E-state index in [1.165, 1.54) is 0 Å². The predicted octanol–water partition coefficient (Wildman–Crippen LogP) is 3.36. The van der Waals surface area contributed by atoms with Gasteiger partial charge in [-0.3, -0.25) is 4.79 Å². The van der Waals surface area contributed by atoms with Crippen molar-refractivity contribution >= 4 is 0 Å². The van der Waals surface area contributed by atoms with Crippen LogP contribution >= 0.6 is 0 Å². The molecule has 0 unspecified atom stereocenters. The van der Waals surface area contributed by atoms with Crippen LogP contribution in [0.3, 0.4) is 0 Å². The highest BCUT2D eigenvalue weighted by Crippen LogP contribution is 2.22. The van der Waals surface area contributed by atoms with Gasteiger partial charge in [0.1, 0.15) is 0 Å². The Labute approximate surface area is 171 Å². The van der Waals surface area contributed by atoms with Crippen molar-refractivity contribution in [2.45, 2.75) is 25.5 Å². The van der Waals surface area contributed by atoms with Crippen molar-refractivity contribution < 1.29 is 5.11 Å². The minimum absolute atomic E-state index is 0.0272. The predicted molar refractivity (Wildman–Crippen MR) is 114 cm³/mol. The van der Waals surface area contributed by atoms with E-state index < -0.39 is 6.10 Å². The molecule has 2 heterocycles. The largest absolute Gasteiger partial charge is 0.387 e. The lowest BCUT2D eigenvalue weighted by Gasteiger charge is -2.33. The summed E-state index contributed by atoms with van der Waals surface area (Å²) in [5.41, 5.74) is 2.56. The van der Waals surface area contributed by atoms with Crippen LogP contribution in [0.15, 0.2) is 77.7 Å². The van der Waals surface area contributed by atoms with Gasteiger partial charge in [0, 0.05) is 19.3 Å². The number of hydrogen-bond donors (Lipinski definition) is 1. The molecule has 5 nitrogen and oxygen atoms in total. The van der Waals surface area contributed by atoms with Crippen molar-refractivity contribution in [3.63, 3.8) is 0 Å². The monoisotopic (exact) mass is 389 g/mol. The second-order valence-electron chi connectivity index (χ2n) is 7.77. The standard InChI is InChI=1S/C24H27N3O2/c28-23(21-9-5-2-6-10-21)18-26-15-12-19(13-16-26)17-27-24(29)22(11-14-25-27)20-7-3-1-4-8-20/h1-11,14,19,23,28H,12-13,15-18H2/t23-/m0/s1. The van der Waals surface area contributed by atoms with E-state index in [-0.39, 0.29) is 5.56 Å². The van der Waals surface area contributed by atoms with Crippen LogP contribution in [0.25, 0.3) is 11.1 Å². The summed E-state index contributed by atoms with van der Waals surface area (Å²) in [5.74, 6) is 0.427. The zero-order valence-electron chi connectivity index (χ0n) is 16.5. The van der Waals surface area contributed by atoms with Crippen molar-refractivity contribution in [2.24, 2.45) is 5.92 Å². The quantitative estimate of drug-likeness (QED) is 0.702. The molecule has 1 aliphatic rings. The van der Waals surface area contributed by atoms with E-state index >= 15 is 0 Å². The number of aromatic nitrogens is 2. The van der Waals surface area contributed by atoms with Crippen LogP contribution in [0.4, 0.5) is 0 Å². The van der Waals surface area contributed by atoms with Crippen LogP contribution in [0.2, 0.25) is 0 Å². The lowest BCUT2D eigenvalue weighted by atomic mass is 9.96. The molecule has 1 aliphatic heterocycles. The maximum absolute atomic E-state index is 12.9. The van der Waals surface area contributed by atoms with Crippen LogP contribution in [0.5, 0.6) is 0 Å². The van der Waals surface area contributed by atoms with E-state index in [4.69, 9.17) is 0 Å². The zero-order valence-corrected chi connectivity index (χ0v) is 16.5. The fourth-order valence-corrected chi connectivity index (χ4v) is 4.04. The van der Waals surface area contributed by atoms with Gasteiger partial charge in [-0.25, -0.2) is 4.68 Å². The summed E-state index contributed by atoms with van der Waals surface area (Å²) in [6.45, 7) is 3.16. The molecule has 3 aromatic rings. The summed E-state index contributed by atoms with van der Waals surface area (Å²) in [4.78, 5) is 15.2. The minimum Gasteiger partial charge on any atom is -0.387 e. The van der Waals surface area contributed by atoms with Crippen LogP contribution in [-0.4, -0.2) is 39.4 Å². The van der Waals surface area contributed by atoms with Crippen LogP contribution < -0.4 is 5.56 Å². The van der Waals surface area contributed by atoms with E-state index in [9.17, 15) is 9.90 Å². The van der Waals surface area contributed by atoms with Crippen molar-refractivity contribution in [1.29, 1.82) is 0 Å². The van der Waals surface area contributed by atoms with Crippen LogP contribution in [0, 0.1) is 5.92 Å². The van der Waals surface area contributed by atoms with Gasteiger partial charge in [0.2, 0.25) is 0 Å². The third kappa shape index (κ3) is 4.81. The zero-order chi connectivity index (χ0) is 20.1. The van der Waals surface area contributed by atoms with E-state index in [2.05, 4.69) is 10.00 Å². The second-order valence-corrected chi connectivity index (χ2v) is 7.77. The molecule has 1 atom stereocenters. The smallest absolute Gasteiger partial charge is 0.274 e. The van der Waals surface area contributed by atoms with Gasteiger partial charge in [0.25, 0.3) is 5.56 Å². The Morgan fingerprint density at radius 3 is 2.31 bits per heavy atom. The molecule has 0 saturated carbocycles. The molecular weight excluding hydrogens is 362 g/mol. The third-order valence-electron chi connectivity index (χ3n) is 5.75. The number of benzene rings is 2. The topological polar surface area (TPSA) is 58.4 Å². The molecular formula is C24H27N3O2. The van der Waals surface area contributed by atoms with E-state index in [0.717, 1.165) is 37.1 Å². The molecule has 1 saturated heterocycles. The van der Waals surface area contributed by atoms with Gasteiger partial charge in [-0.05, 0) is 49.0 Å². The summed E-state index contributed by atoms with van der Waals surface area (Å²) < 4.78 is 1.61. The van der Waals surface area contributed by atoms with Crippen molar-refractivity contribution in [1.82, 2.24) is 14.7 Å². The van der Waals surface area contributed by atoms with Gasteiger partial charge >= 0.3 is 0 Å². The van der Waals surface area contributed by atoms with Gasteiger partial charge in [-0.2, -0.15) is 5.10 Å². The molecule has 2 aromatic carbocycles. The molecule has 1 N–H and O–H groups in total.